The molecular weight excluding hydrogens is 408 g/mol. The number of hydrogen-bond acceptors (Lipinski definition) is 2. The summed E-state index contributed by atoms with van der Waals surface area (Å²) < 4.78 is 13.9. The first-order valence-corrected chi connectivity index (χ1v) is 9.16. The van der Waals surface area contributed by atoms with E-state index in [9.17, 15) is 0 Å². The summed E-state index contributed by atoms with van der Waals surface area (Å²) in [6.07, 6.45) is 2.11. The average Bonchev–Trinajstić information content (AvgIpc) is 2.55. The summed E-state index contributed by atoms with van der Waals surface area (Å²) in [5.74, 6) is 3.00. The van der Waals surface area contributed by atoms with Crippen molar-refractivity contribution in [2.45, 2.75) is 24.7 Å². The molecule has 0 saturated heterocycles. The van der Waals surface area contributed by atoms with Crippen molar-refractivity contribution in [3.05, 3.63) is 56.5 Å². The predicted molar refractivity (Wildman–Crippen MR) is 94.0 cm³/mol. The SMILES string of the molecule is Brc1cccc2c1OCCC2C1CCOc2c(Br)cccc21. The van der Waals surface area contributed by atoms with E-state index in [1.807, 2.05) is 0 Å². The highest BCUT2D eigenvalue weighted by Gasteiger charge is 2.34. The Labute approximate surface area is 147 Å². The predicted octanol–water partition coefficient (Wildman–Crippen LogP) is 5.64. The first-order chi connectivity index (χ1) is 10.8. The summed E-state index contributed by atoms with van der Waals surface area (Å²) in [5, 5.41) is 0. The van der Waals surface area contributed by atoms with E-state index in [2.05, 4.69) is 68.3 Å². The van der Waals surface area contributed by atoms with Gasteiger partial charge in [0.25, 0.3) is 0 Å². The Bertz CT molecular complexity index is 653. The number of ether oxygens (including phenoxy) is 2. The van der Waals surface area contributed by atoms with Crippen molar-refractivity contribution < 1.29 is 9.47 Å². The molecule has 0 spiro atoms. The van der Waals surface area contributed by atoms with Crippen molar-refractivity contribution in [1.82, 2.24) is 0 Å². The number of para-hydroxylation sites is 2. The topological polar surface area (TPSA) is 18.5 Å². The molecule has 0 aliphatic carbocycles. The third-order valence-corrected chi connectivity index (χ3v) is 5.88. The van der Waals surface area contributed by atoms with Crippen molar-refractivity contribution in [1.29, 1.82) is 0 Å². The summed E-state index contributed by atoms with van der Waals surface area (Å²) in [6.45, 7) is 1.56. The van der Waals surface area contributed by atoms with Gasteiger partial charge in [0.15, 0.2) is 0 Å². The lowest BCUT2D eigenvalue weighted by Crippen LogP contribution is -2.25. The molecule has 2 unspecified atom stereocenters. The van der Waals surface area contributed by atoms with E-state index in [-0.39, 0.29) is 0 Å². The van der Waals surface area contributed by atoms with Crippen LogP contribution in [0.25, 0.3) is 0 Å². The van der Waals surface area contributed by atoms with Gasteiger partial charge in [0, 0.05) is 0 Å². The Morgan fingerprint density at radius 3 is 1.64 bits per heavy atom. The molecule has 22 heavy (non-hydrogen) atoms. The van der Waals surface area contributed by atoms with Crippen LogP contribution in [0.2, 0.25) is 0 Å². The van der Waals surface area contributed by atoms with Crippen molar-refractivity contribution in [3.8, 4) is 11.5 Å². The standard InChI is InChI=1S/C18H16Br2O2/c19-15-5-1-3-13-11(7-9-21-17(13)15)12-8-10-22-18-14(12)4-2-6-16(18)20/h1-6,11-12H,7-10H2. The second kappa shape index (κ2) is 5.89. The number of benzene rings is 2. The van der Waals surface area contributed by atoms with E-state index in [1.54, 1.807) is 0 Å². The van der Waals surface area contributed by atoms with Crippen molar-refractivity contribution >= 4 is 31.9 Å². The van der Waals surface area contributed by atoms with Crippen LogP contribution < -0.4 is 9.47 Å². The minimum absolute atomic E-state index is 0.484. The Hall–Kier alpha value is -1.00. The second-order valence-electron chi connectivity index (χ2n) is 5.80. The van der Waals surface area contributed by atoms with E-state index < -0.39 is 0 Å². The molecule has 0 aromatic heterocycles. The molecule has 114 valence electrons. The van der Waals surface area contributed by atoms with Crippen LogP contribution in [0.15, 0.2) is 45.3 Å². The van der Waals surface area contributed by atoms with Crippen LogP contribution in [-0.4, -0.2) is 13.2 Å². The van der Waals surface area contributed by atoms with Crippen molar-refractivity contribution in [2.24, 2.45) is 0 Å². The highest BCUT2D eigenvalue weighted by atomic mass is 79.9. The van der Waals surface area contributed by atoms with Crippen LogP contribution in [0.1, 0.15) is 35.8 Å². The van der Waals surface area contributed by atoms with Gasteiger partial charge >= 0.3 is 0 Å². The molecule has 2 nitrogen and oxygen atoms in total. The minimum atomic E-state index is 0.484. The van der Waals surface area contributed by atoms with Gasteiger partial charge in [-0.15, -0.1) is 0 Å². The van der Waals surface area contributed by atoms with Gasteiger partial charge in [0.05, 0.1) is 22.2 Å². The molecule has 2 aliphatic heterocycles. The van der Waals surface area contributed by atoms with Crippen molar-refractivity contribution in [2.75, 3.05) is 13.2 Å². The zero-order valence-corrected chi connectivity index (χ0v) is 15.2. The highest BCUT2D eigenvalue weighted by Crippen LogP contribution is 2.50. The molecule has 0 radical (unpaired) electrons. The van der Waals surface area contributed by atoms with Gasteiger partial charge in [0.1, 0.15) is 11.5 Å². The summed E-state index contributed by atoms with van der Waals surface area (Å²) >= 11 is 7.24. The molecule has 0 bridgehead atoms. The lowest BCUT2D eigenvalue weighted by Gasteiger charge is -2.36. The van der Waals surface area contributed by atoms with Crippen molar-refractivity contribution in [3.63, 3.8) is 0 Å². The van der Waals surface area contributed by atoms with E-state index in [0.29, 0.717) is 11.8 Å². The fourth-order valence-corrected chi connectivity index (χ4v) is 4.65. The van der Waals surface area contributed by atoms with Crippen LogP contribution in [-0.2, 0) is 0 Å². The number of rotatable bonds is 1. The van der Waals surface area contributed by atoms with E-state index in [0.717, 1.165) is 46.5 Å². The van der Waals surface area contributed by atoms with Crippen LogP contribution in [0, 0.1) is 0 Å². The molecule has 4 heteroatoms. The van der Waals surface area contributed by atoms with Gasteiger partial charge in [-0.1, -0.05) is 24.3 Å². The number of hydrogen-bond donors (Lipinski definition) is 0. The van der Waals surface area contributed by atoms with Crippen LogP contribution >= 0.6 is 31.9 Å². The molecular formula is C18H16Br2O2. The van der Waals surface area contributed by atoms with Gasteiger partial charge < -0.3 is 9.47 Å². The molecule has 2 aromatic rings. The van der Waals surface area contributed by atoms with Gasteiger partial charge in [-0.3, -0.25) is 0 Å². The summed E-state index contributed by atoms with van der Waals surface area (Å²) in [6, 6.07) is 12.7. The van der Waals surface area contributed by atoms with Gasteiger partial charge in [-0.05, 0) is 79.8 Å². The maximum Gasteiger partial charge on any atom is 0.136 e. The molecule has 2 aromatic carbocycles. The maximum atomic E-state index is 5.90. The zero-order chi connectivity index (χ0) is 15.1. The van der Waals surface area contributed by atoms with Gasteiger partial charge in [-0.25, -0.2) is 0 Å². The smallest absolute Gasteiger partial charge is 0.136 e. The fraction of sp³-hybridized carbons (Fsp3) is 0.333. The molecule has 0 N–H and O–H groups in total. The Morgan fingerprint density at radius 1 is 0.727 bits per heavy atom. The monoisotopic (exact) mass is 422 g/mol. The Morgan fingerprint density at radius 2 is 1.18 bits per heavy atom. The lowest BCUT2D eigenvalue weighted by molar-refractivity contribution is 0.216. The average molecular weight is 424 g/mol. The third-order valence-electron chi connectivity index (χ3n) is 4.63. The Kier molecular flexibility index (Phi) is 3.91. The lowest BCUT2D eigenvalue weighted by atomic mass is 9.76. The minimum Gasteiger partial charge on any atom is -0.492 e. The van der Waals surface area contributed by atoms with Gasteiger partial charge in [0.2, 0.25) is 0 Å². The molecule has 2 atom stereocenters. The van der Waals surface area contributed by atoms with Crippen LogP contribution in [0.4, 0.5) is 0 Å². The summed E-state index contributed by atoms with van der Waals surface area (Å²) in [4.78, 5) is 0. The maximum absolute atomic E-state index is 5.90. The second-order valence-corrected chi connectivity index (χ2v) is 7.51. The molecule has 0 amide bonds. The quantitative estimate of drug-likeness (QED) is 0.590. The molecule has 0 fully saturated rings. The molecule has 0 saturated carbocycles. The van der Waals surface area contributed by atoms with Gasteiger partial charge in [-0.2, -0.15) is 0 Å². The van der Waals surface area contributed by atoms with E-state index in [4.69, 9.17) is 9.47 Å². The normalized spacial score (nSPS) is 23.0. The largest absolute Gasteiger partial charge is 0.492 e. The first kappa shape index (κ1) is 14.6. The number of fused-ring (bicyclic) bond motifs is 2. The molecule has 2 heterocycles. The van der Waals surface area contributed by atoms with E-state index >= 15 is 0 Å². The van der Waals surface area contributed by atoms with Crippen LogP contribution in [0.5, 0.6) is 11.5 Å². The fourth-order valence-electron chi connectivity index (χ4n) is 3.66. The number of halogens is 2. The van der Waals surface area contributed by atoms with Crippen LogP contribution in [0.3, 0.4) is 0 Å². The molecule has 4 rings (SSSR count). The summed E-state index contributed by atoms with van der Waals surface area (Å²) in [5.41, 5.74) is 2.64. The zero-order valence-electron chi connectivity index (χ0n) is 12.0. The highest BCUT2D eigenvalue weighted by molar-refractivity contribution is 9.10. The molecule has 2 aliphatic rings. The first-order valence-electron chi connectivity index (χ1n) is 7.58. The summed E-state index contributed by atoms with van der Waals surface area (Å²) in [7, 11) is 0. The third kappa shape index (κ3) is 2.37. The van der Waals surface area contributed by atoms with E-state index in [1.165, 1.54) is 11.1 Å². The Balaban J connectivity index is 1.80.